The smallest absolute Gasteiger partial charge is 0.345 e. The van der Waals surface area contributed by atoms with E-state index in [0.29, 0.717) is 5.48 Å². The number of alkyl halides is 1. The highest BCUT2D eigenvalue weighted by molar-refractivity contribution is 6.46. The highest BCUT2D eigenvalue weighted by Gasteiger charge is 2.21. The number of Topliss-reactive ketones (excluding diaryl/α,β-unsaturated/α-hetero) is 1. The predicted octanol–water partition coefficient (Wildman–Crippen LogP) is 2.45. The van der Waals surface area contributed by atoms with Crippen LogP contribution in [0.2, 0.25) is 0 Å². The van der Waals surface area contributed by atoms with Crippen LogP contribution in [0.3, 0.4) is 0 Å². The van der Waals surface area contributed by atoms with Crippen LogP contribution in [0.1, 0.15) is 6.92 Å². The molecule has 0 amide bonds. The van der Waals surface area contributed by atoms with Crippen molar-refractivity contribution in [3.63, 3.8) is 0 Å². The fourth-order valence-corrected chi connectivity index (χ4v) is 2.73. The second kappa shape index (κ2) is 6.30. The fraction of sp³-hybridized carbons (Fsp3) is 0.176. The average Bonchev–Trinajstić information content (AvgIpc) is 2.55. The predicted molar refractivity (Wildman–Crippen MR) is 90.0 cm³/mol. The van der Waals surface area contributed by atoms with Crippen LogP contribution in [-0.4, -0.2) is 34.2 Å². The molecule has 23 heavy (non-hydrogen) atoms. The Bertz CT molecular complexity index is 917. The molecule has 6 heteroatoms. The van der Waals surface area contributed by atoms with Gasteiger partial charge in [0.1, 0.15) is 11.1 Å². The molecule has 0 radical (unpaired) electrons. The van der Waals surface area contributed by atoms with E-state index in [1.165, 1.54) is 0 Å². The summed E-state index contributed by atoms with van der Waals surface area (Å²) in [4.78, 5) is 30.5. The molecule has 0 aliphatic rings. The van der Waals surface area contributed by atoms with Crippen molar-refractivity contribution in [2.24, 2.45) is 0 Å². The SMILES string of the molecule is CCOC(=O)C(C(=O)CCl)=c1[nH]c2cccc3cccc([nH]1)c32. The van der Waals surface area contributed by atoms with Crippen molar-refractivity contribution in [2.45, 2.75) is 6.92 Å². The monoisotopic (exact) mass is 330 g/mol. The molecule has 0 bridgehead atoms. The van der Waals surface area contributed by atoms with Gasteiger partial charge in [-0.05, 0) is 24.4 Å². The standard InChI is InChI=1S/C17H15ClN2O3/c1-2-23-17(22)15(13(21)9-18)16-19-11-7-3-5-10-6-4-8-12(20-16)14(10)11/h3-8,19-20H,2,9H2,1H3. The summed E-state index contributed by atoms with van der Waals surface area (Å²) in [6.45, 7) is 1.86. The number of ketones is 1. The molecule has 0 unspecified atom stereocenters. The summed E-state index contributed by atoms with van der Waals surface area (Å²) in [5.41, 5.74) is 1.82. The third kappa shape index (κ3) is 2.75. The molecule has 0 aliphatic heterocycles. The summed E-state index contributed by atoms with van der Waals surface area (Å²) in [6, 6.07) is 11.6. The Labute approximate surface area is 136 Å². The minimum Gasteiger partial charge on any atom is -0.462 e. The van der Waals surface area contributed by atoms with Gasteiger partial charge in [-0.1, -0.05) is 24.3 Å². The van der Waals surface area contributed by atoms with Crippen molar-refractivity contribution >= 4 is 50.7 Å². The molecule has 5 nitrogen and oxygen atoms in total. The maximum atomic E-state index is 12.2. The highest BCUT2D eigenvalue weighted by Crippen LogP contribution is 2.22. The lowest BCUT2D eigenvalue weighted by Gasteiger charge is -2.09. The van der Waals surface area contributed by atoms with Crippen molar-refractivity contribution in [3.8, 4) is 0 Å². The van der Waals surface area contributed by atoms with Crippen LogP contribution in [0, 0.1) is 0 Å². The summed E-state index contributed by atoms with van der Waals surface area (Å²) >= 11 is 5.64. The van der Waals surface area contributed by atoms with E-state index in [1.54, 1.807) is 6.92 Å². The normalized spacial score (nSPS) is 10.9. The third-order valence-electron chi connectivity index (χ3n) is 3.55. The maximum Gasteiger partial charge on any atom is 0.345 e. The number of carbonyl (C=O) groups is 2. The van der Waals surface area contributed by atoms with Gasteiger partial charge in [-0.3, -0.25) is 4.79 Å². The number of hydrogen-bond acceptors (Lipinski definition) is 3. The summed E-state index contributed by atoms with van der Waals surface area (Å²) in [6.07, 6.45) is 0. The number of hydrogen-bond donors (Lipinski definition) is 2. The van der Waals surface area contributed by atoms with Crippen LogP contribution in [-0.2, 0) is 14.3 Å². The number of rotatable bonds is 4. The van der Waals surface area contributed by atoms with E-state index in [-0.39, 0.29) is 18.1 Å². The second-order valence-electron chi connectivity index (χ2n) is 4.99. The van der Waals surface area contributed by atoms with E-state index in [1.807, 2.05) is 36.4 Å². The first-order valence-corrected chi connectivity index (χ1v) is 7.75. The molecule has 1 heterocycles. The summed E-state index contributed by atoms with van der Waals surface area (Å²) in [5, 5.41) is 2.06. The van der Waals surface area contributed by atoms with Crippen LogP contribution in [0.5, 0.6) is 0 Å². The molecule has 0 atom stereocenters. The molecule has 2 aromatic carbocycles. The Morgan fingerprint density at radius 2 is 1.70 bits per heavy atom. The van der Waals surface area contributed by atoms with Crippen LogP contribution >= 0.6 is 11.6 Å². The first-order chi connectivity index (χ1) is 11.2. The first kappa shape index (κ1) is 15.4. The Hall–Kier alpha value is -2.53. The van der Waals surface area contributed by atoms with Crippen LogP contribution < -0.4 is 5.48 Å². The molecule has 0 fully saturated rings. The number of nitrogens with one attached hydrogen (secondary N) is 2. The molecule has 0 saturated heterocycles. The number of ether oxygens (including phenoxy) is 1. The van der Waals surface area contributed by atoms with Gasteiger partial charge in [0.15, 0.2) is 5.78 Å². The lowest BCUT2D eigenvalue weighted by Crippen LogP contribution is -2.28. The number of H-pyrrole nitrogens is 2. The number of carbonyl (C=O) groups excluding carboxylic acids is 2. The van der Waals surface area contributed by atoms with Gasteiger partial charge in [0.25, 0.3) is 0 Å². The van der Waals surface area contributed by atoms with Gasteiger partial charge in [-0.25, -0.2) is 4.79 Å². The van der Waals surface area contributed by atoms with E-state index in [2.05, 4.69) is 9.97 Å². The van der Waals surface area contributed by atoms with E-state index < -0.39 is 11.8 Å². The van der Waals surface area contributed by atoms with Crippen molar-refractivity contribution in [1.29, 1.82) is 0 Å². The van der Waals surface area contributed by atoms with Gasteiger partial charge in [0.2, 0.25) is 0 Å². The summed E-state index contributed by atoms with van der Waals surface area (Å²) in [5.74, 6) is -1.49. The average molecular weight is 331 g/mol. The Morgan fingerprint density at radius 1 is 1.09 bits per heavy atom. The highest BCUT2D eigenvalue weighted by atomic mass is 35.5. The largest absolute Gasteiger partial charge is 0.462 e. The van der Waals surface area contributed by atoms with Gasteiger partial charge in [-0.15, -0.1) is 11.6 Å². The molecule has 3 rings (SSSR count). The molecular weight excluding hydrogens is 316 g/mol. The maximum absolute atomic E-state index is 12.2. The minimum absolute atomic E-state index is 0.103. The zero-order chi connectivity index (χ0) is 16.4. The fourth-order valence-electron chi connectivity index (χ4n) is 2.60. The van der Waals surface area contributed by atoms with Gasteiger partial charge < -0.3 is 14.7 Å². The Balaban J connectivity index is 2.40. The minimum atomic E-state index is -0.695. The first-order valence-electron chi connectivity index (χ1n) is 7.22. The van der Waals surface area contributed by atoms with Crippen LogP contribution in [0.25, 0.3) is 27.4 Å². The van der Waals surface area contributed by atoms with E-state index in [0.717, 1.165) is 21.8 Å². The molecule has 2 N–H and O–H groups in total. The molecule has 3 aromatic rings. The van der Waals surface area contributed by atoms with Gasteiger partial charge in [0, 0.05) is 16.4 Å². The lowest BCUT2D eigenvalue weighted by atomic mass is 10.1. The van der Waals surface area contributed by atoms with Gasteiger partial charge in [0.05, 0.1) is 12.5 Å². The zero-order valence-electron chi connectivity index (χ0n) is 12.5. The quantitative estimate of drug-likeness (QED) is 0.438. The van der Waals surface area contributed by atoms with Gasteiger partial charge >= 0.3 is 5.97 Å². The van der Waals surface area contributed by atoms with Crippen molar-refractivity contribution in [1.82, 2.24) is 9.97 Å². The lowest BCUT2D eigenvalue weighted by molar-refractivity contribution is -0.137. The molecular formula is C17H15ClN2O3. The van der Waals surface area contributed by atoms with E-state index in [9.17, 15) is 9.59 Å². The number of aromatic amines is 2. The second-order valence-corrected chi connectivity index (χ2v) is 5.25. The van der Waals surface area contributed by atoms with Crippen molar-refractivity contribution < 1.29 is 14.3 Å². The van der Waals surface area contributed by atoms with Crippen LogP contribution in [0.15, 0.2) is 36.4 Å². The van der Waals surface area contributed by atoms with Crippen molar-refractivity contribution in [3.05, 3.63) is 41.9 Å². The number of aromatic nitrogens is 2. The van der Waals surface area contributed by atoms with Crippen LogP contribution in [0.4, 0.5) is 0 Å². The molecule has 0 saturated carbocycles. The summed E-state index contributed by atoms with van der Waals surface area (Å²) in [7, 11) is 0. The molecule has 118 valence electrons. The Morgan fingerprint density at radius 3 is 2.22 bits per heavy atom. The topological polar surface area (TPSA) is 75.0 Å². The number of halogens is 1. The van der Waals surface area contributed by atoms with E-state index >= 15 is 0 Å². The zero-order valence-corrected chi connectivity index (χ0v) is 13.2. The molecule has 0 spiro atoms. The Kier molecular flexibility index (Phi) is 4.21. The summed E-state index contributed by atoms with van der Waals surface area (Å²) < 4.78 is 4.99. The third-order valence-corrected chi connectivity index (χ3v) is 3.80. The number of esters is 1. The molecule has 1 aromatic heterocycles. The van der Waals surface area contributed by atoms with E-state index in [4.69, 9.17) is 16.3 Å². The molecule has 0 aliphatic carbocycles. The van der Waals surface area contributed by atoms with Crippen molar-refractivity contribution in [2.75, 3.05) is 12.5 Å². The number of benzene rings is 2. The van der Waals surface area contributed by atoms with Gasteiger partial charge in [-0.2, -0.15) is 0 Å².